The van der Waals surface area contributed by atoms with Crippen molar-refractivity contribution in [3.8, 4) is 0 Å². The minimum atomic E-state index is -0.587. The van der Waals surface area contributed by atoms with Gasteiger partial charge in [0.1, 0.15) is 6.54 Å². The number of hydrogen-bond acceptors (Lipinski definition) is 5. The van der Waals surface area contributed by atoms with E-state index < -0.39 is 11.2 Å². The van der Waals surface area contributed by atoms with Crippen LogP contribution >= 0.6 is 11.8 Å². The summed E-state index contributed by atoms with van der Waals surface area (Å²) in [5.41, 5.74) is 0. The molecule has 0 N–H and O–H groups in total. The summed E-state index contributed by atoms with van der Waals surface area (Å²) in [5.74, 6) is -0.973. The summed E-state index contributed by atoms with van der Waals surface area (Å²) in [6.45, 7) is 1.89. The molecular weight excluding hydrogens is 302 g/mol. The van der Waals surface area contributed by atoms with Crippen LogP contribution in [0.25, 0.3) is 0 Å². The number of carbonyl (C=O) groups excluding carboxylic acids is 3. The van der Waals surface area contributed by atoms with Crippen LogP contribution in [0, 0.1) is 0 Å². The predicted octanol–water partition coefficient (Wildman–Crippen LogP) is 3.88. The number of rotatable bonds is 10. The number of allylic oxidation sites excluding steroid dienone is 1. The highest BCUT2D eigenvalue weighted by molar-refractivity contribution is 8.18. The molecule has 0 aromatic rings. The Labute approximate surface area is 136 Å². The fraction of sp³-hybridized carbons (Fsp3) is 0.688. The second kappa shape index (κ2) is 10.4. The standard InChI is InChI=1S/C16H25NO4S/c1-3-4-5-6-7-8-9-10-11-13-15(19)17(16(20)22-13)12-14(18)21-2/h11H,3-10,12H2,1-2H3. The van der Waals surface area contributed by atoms with E-state index in [-0.39, 0.29) is 12.5 Å². The van der Waals surface area contributed by atoms with E-state index >= 15 is 0 Å². The fourth-order valence-electron chi connectivity index (χ4n) is 2.20. The van der Waals surface area contributed by atoms with E-state index in [0.29, 0.717) is 4.91 Å². The molecule has 1 heterocycles. The molecule has 0 aliphatic carbocycles. The fourth-order valence-corrected chi connectivity index (χ4v) is 3.05. The van der Waals surface area contributed by atoms with Crippen LogP contribution in [0.15, 0.2) is 11.0 Å². The first-order valence-electron chi connectivity index (χ1n) is 7.90. The quantitative estimate of drug-likeness (QED) is 0.346. The number of amides is 2. The molecule has 6 heteroatoms. The Balaban J connectivity index is 2.29. The van der Waals surface area contributed by atoms with E-state index in [1.54, 1.807) is 0 Å². The van der Waals surface area contributed by atoms with Gasteiger partial charge in [-0.3, -0.25) is 19.3 Å². The summed E-state index contributed by atoms with van der Waals surface area (Å²) >= 11 is 0.900. The summed E-state index contributed by atoms with van der Waals surface area (Å²) in [6, 6.07) is 0. The average Bonchev–Trinajstić information content (AvgIpc) is 2.77. The number of ether oxygens (including phenoxy) is 1. The maximum Gasteiger partial charge on any atom is 0.325 e. The molecule has 0 spiro atoms. The summed E-state index contributed by atoms with van der Waals surface area (Å²) in [7, 11) is 1.23. The highest BCUT2D eigenvalue weighted by Crippen LogP contribution is 2.31. The highest BCUT2D eigenvalue weighted by Gasteiger charge is 2.36. The van der Waals surface area contributed by atoms with Crippen LogP contribution in [0.1, 0.15) is 58.3 Å². The van der Waals surface area contributed by atoms with Crippen molar-refractivity contribution in [2.24, 2.45) is 0 Å². The van der Waals surface area contributed by atoms with Crippen molar-refractivity contribution < 1.29 is 19.1 Å². The number of nitrogens with zero attached hydrogens (tertiary/aromatic N) is 1. The number of hydrogen-bond donors (Lipinski definition) is 0. The molecule has 0 bridgehead atoms. The Hall–Kier alpha value is -1.30. The van der Waals surface area contributed by atoms with Gasteiger partial charge >= 0.3 is 5.97 Å². The summed E-state index contributed by atoms with van der Waals surface area (Å²) < 4.78 is 4.48. The van der Waals surface area contributed by atoms with Gasteiger partial charge in [0.05, 0.1) is 12.0 Å². The number of thioether (sulfide) groups is 1. The van der Waals surface area contributed by atoms with Gasteiger partial charge in [0.15, 0.2) is 0 Å². The van der Waals surface area contributed by atoms with Gasteiger partial charge in [-0.05, 0) is 24.6 Å². The molecule has 0 radical (unpaired) electrons. The zero-order valence-electron chi connectivity index (χ0n) is 13.4. The molecule has 1 aliphatic heterocycles. The molecule has 1 saturated heterocycles. The molecule has 0 unspecified atom stereocenters. The van der Waals surface area contributed by atoms with E-state index in [2.05, 4.69) is 11.7 Å². The smallest absolute Gasteiger partial charge is 0.325 e. The first kappa shape index (κ1) is 18.7. The third-order valence-electron chi connectivity index (χ3n) is 3.53. The topological polar surface area (TPSA) is 63.7 Å². The van der Waals surface area contributed by atoms with E-state index in [4.69, 9.17) is 0 Å². The number of carbonyl (C=O) groups is 3. The summed E-state index contributed by atoms with van der Waals surface area (Å²) in [5, 5.41) is -0.402. The SMILES string of the molecule is CCCCCCCCCC=C1SC(=O)N(CC(=O)OC)C1=O. The lowest BCUT2D eigenvalue weighted by Crippen LogP contribution is -2.34. The van der Waals surface area contributed by atoms with Gasteiger partial charge < -0.3 is 4.74 Å². The number of methoxy groups -OCH3 is 1. The maximum absolute atomic E-state index is 12.0. The zero-order valence-corrected chi connectivity index (χ0v) is 14.2. The van der Waals surface area contributed by atoms with Crippen LogP contribution < -0.4 is 0 Å². The van der Waals surface area contributed by atoms with Crippen molar-refractivity contribution in [2.75, 3.05) is 13.7 Å². The van der Waals surface area contributed by atoms with Crippen molar-refractivity contribution >= 4 is 28.9 Å². The van der Waals surface area contributed by atoms with Crippen LogP contribution in [0.5, 0.6) is 0 Å². The van der Waals surface area contributed by atoms with Gasteiger partial charge in [-0.25, -0.2) is 0 Å². The lowest BCUT2D eigenvalue weighted by atomic mass is 10.1. The average molecular weight is 327 g/mol. The Morgan fingerprint density at radius 3 is 2.41 bits per heavy atom. The molecule has 124 valence electrons. The molecule has 5 nitrogen and oxygen atoms in total. The number of esters is 1. The molecule has 1 aliphatic rings. The van der Waals surface area contributed by atoms with Crippen molar-refractivity contribution in [3.63, 3.8) is 0 Å². The van der Waals surface area contributed by atoms with Gasteiger partial charge in [0.2, 0.25) is 0 Å². The van der Waals surface area contributed by atoms with Crippen LogP contribution in [-0.2, 0) is 14.3 Å². The van der Waals surface area contributed by atoms with Crippen molar-refractivity contribution in [3.05, 3.63) is 11.0 Å². The van der Waals surface area contributed by atoms with Crippen LogP contribution in [0.4, 0.5) is 4.79 Å². The first-order valence-corrected chi connectivity index (χ1v) is 8.72. The minimum Gasteiger partial charge on any atom is -0.468 e. The molecule has 22 heavy (non-hydrogen) atoms. The maximum atomic E-state index is 12.0. The van der Waals surface area contributed by atoms with Gasteiger partial charge in [-0.1, -0.05) is 51.5 Å². The molecule has 1 rings (SSSR count). The van der Waals surface area contributed by atoms with Crippen molar-refractivity contribution in [1.82, 2.24) is 4.90 Å². The van der Waals surface area contributed by atoms with E-state index in [1.165, 1.54) is 39.2 Å². The monoisotopic (exact) mass is 327 g/mol. The summed E-state index contributed by atoms with van der Waals surface area (Å²) in [4.78, 5) is 36.3. The van der Waals surface area contributed by atoms with Crippen LogP contribution in [0.2, 0.25) is 0 Å². The zero-order chi connectivity index (χ0) is 16.4. The lowest BCUT2D eigenvalue weighted by Gasteiger charge is -2.09. The number of unbranched alkanes of at least 4 members (excludes halogenated alkanes) is 7. The van der Waals surface area contributed by atoms with E-state index in [1.807, 2.05) is 6.08 Å². The molecular formula is C16H25NO4S. The lowest BCUT2D eigenvalue weighted by molar-refractivity contribution is -0.143. The molecule has 1 fully saturated rings. The van der Waals surface area contributed by atoms with E-state index in [9.17, 15) is 14.4 Å². The van der Waals surface area contributed by atoms with E-state index in [0.717, 1.165) is 35.9 Å². The molecule has 2 amide bonds. The van der Waals surface area contributed by atoms with Gasteiger partial charge in [-0.2, -0.15) is 0 Å². The molecule has 0 aromatic carbocycles. The molecule has 0 aromatic heterocycles. The number of imide groups is 1. The molecule has 0 saturated carbocycles. The Morgan fingerprint density at radius 1 is 1.14 bits per heavy atom. The summed E-state index contributed by atoms with van der Waals surface area (Å²) in [6.07, 6.45) is 11.1. The second-order valence-electron chi connectivity index (χ2n) is 5.31. The van der Waals surface area contributed by atoms with Gasteiger partial charge in [0, 0.05) is 0 Å². The third-order valence-corrected chi connectivity index (χ3v) is 4.48. The van der Waals surface area contributed by atoms with Crippen LogP contribution in [0.3, 0.4) is 0 Å². The van der Waals surface area contributed by atoms with Crippen LogP contribution in [-0.4, -0.2) is 35.7 Å². The van der Waals surface area contributed by atoms with Crippen molar-refractivity contribution in [2.45, 2.75) is 58.3 Å². The minimum absolute atomic E-state index is 0.310. The molecule has 0 atom stereocenters. The Kier molecular flexibility index (Phi) is 8.89. The largest absolute Gasteiger partial charge is 0.468 e. The normalized spacial score (nSPS) is 16.6. The second-order valence-corrected chi connectivity index (χ2v) is 6.31. The Bertz CT molecular complexity index is 434. The third kappa shape index (κ3) is 6.22. The first-order chi connectivity index (χ1) is 10.6. The highest BCUT2D eigenvalue weighted by atomic mass is 32.2. The van der Waals surface area contributed by atoms with Gasteiger partial charge in [-0.15, -0.1) is 0 Å². The Morgan fingerprint density at radius 2 is 1.77 bits per heavy atom. The van der Waals surface area contributed by atoms with Crippen molar-refractivity contribution in [1.29, 1.82) is 0 Å². The predicted molar refractivity (Wildman–Crippen MR) is 87.4 cm³/mol. The van der Waals surface area contributed by atoms with Gasteiger partial charge in [0.25, 0.3) is 11.1 Å².